The van der Waals surface area contributed by atoms with Crippen molar-refractivity contribution in [2.75, 3.05) is 18.5 Å². The highest BCUT2D eigenvalue weighted by Gasteiger charge is 2.34. The first-order valence-corrected chi connectivity index (χ1v) is 8.74. The van der Waals surface area contributed by atoms with Gasteiger partial charge < -0.3 is 10.1 Å². The van der Waals surface area contributed by atoms with E-state index in [1.807, 2.05) is 6.92 Å². The molecule has 0 atom stereocenters. The van der Waals surface area contributed by atoms with Gasteiger partial charge in [-0.05, 0) is 43.9 Å². The Morgan fingerprint density at radius 2 is 2.05 bits per heavy atom. The summed E-state index contributed by atoms with van der Waals surface area (Å²) >= 11 is 3.62. The van der Waals surface area contributed by atoms with E-state index in [9.17, 15) is 4.79 Å². The lowest BCUT2D eigenvalue weighted by molar-refractivity contribution is -0.124. The fraction of sp³-hybridized carbons (Fsp3) is 0.933. The molecule has 2 saturated carbocycles. The van der Waals surface area contributed by atoms with Crippen LogP contribution in [0.25, 0.3) is 0 Å². The fourth-order valence-electron chi connectivity index (χ4n) is 3.32. The Hall–Kier alpha value is -0.0900. The van der Waals surface area contributed by atoms with Gasteiger partial charge in [0.15, 0.2) is 0 Å². The van der Waals surface area contributed by atoms with Crippen LogP contribution in [-0.2, 0) is 9.53 Å². The fourth-order valence-corrected chi connectivity index (χ4v) is 4.08. The summed E-state index contributed by atoms with van der Waals surface area (Å²) in [7, 11) is 0. The Morgan fingerprint density at radius 1 is 1.37 bits per heavy atom. The van der Waals surface area contributed by atoms with E-state index in [-0.39, 0.29) is 5.91 Å². The van der Waals surface area contributed by atoms with Crippen LogP contribution >= 0.6 is 15.9 Å². The van der Waals surface area contributed by atoms with Gasteiger partial charge >= 0.3 is 0 Å². The number of rotatable bonds is 7. The minimum absolute atomic E-state index is 0.229. The maximum Gasteiger partial charge on any atom is 0.220 e. The Balaban J connectivity index is 1.63. The van der Waals surface area contributed by atoms with E-state index in [2.05, 4.69) is 21.2 Å². The summed E-state index contributed by atoms with van der Waals surface area (Å²) in [6, 6.07) is 0. The van der Waals surface area contributed by atoms with E-state index in [4.69, 9.17) is 4.74 Å². The van der Waals surface area contributed by atoms with Crippen molar-refractivity contribution in [3.63, 3.8) is 0 Å². The van der Waals surface area contributed by atoms with E-state index >= 15 is 0 Å². The summed E-state index contributed by atoms with van der Waals surface area (Å²) in [6.45, 7) is 3.66. The van der Waals surface area contributed by atoms with Crippen LogP contribution in [-0.4, -0.2) is 30.5 Å². The molecule has 0 bridgehead atoms. The van der Waals surface area contributed by atoms with E-state index in [1.165, 1.54) is 25.7 Å². The molecular weight excluding hydrogens is 306 g/mol. The molecule has 0 aliphatic heterocycles. The topological polar surface area (TPSA) is 38.3 Å². The Kier molecular flexibility index (Phi) is 5.70. The molecule has 0 unspecified atom stereocenters. The number of nitrogens with one attached hydrogen (secondary N) is 1. The lowest BCUT2D eigenvalue weighted by Crippen LogP contribution is -2.40. The van der Waals surface area contributed by atoms with Gasteiger partial charge in [0.25, 0.3) is 0 Å². The summed E-state index contributed by atoms with van der Waals surface area (Å²) in [6.07, 6.45) is 8.31. The van der Waals surface area contributed by atoms with Crippen LogP contribution in [0.4, 0.5) is 0 Å². The van der Waals surface area contributed by atoms with E-state index in [0.29, 0.717) is 23.9 Å². The molecule has 110 valence electrons. The van der Waals surface area contributed by atoms with Crippen molar-refractivity contribution in [1.82, 2.24) is 5.32 Å². The van der Waals surface area contributed by atoms with Gasteiger partial charge in [0, 0.05) is 24.9 Å². The van der Waals surface area contributed by atoms with Gasteiger partial charge in [-0.3, -0.25) is 4.79 Å². The Morgan fingerprint density at radius 3 is 2.63 bits per heavy atom. The third-order valence-corrected chi connectivity index (χ3v) is 5.87. The minimum atomic E-state index is 0.229. The molecule has 0 aromatic rings. The largest absolute Gasteiger partial charge is 0.378 e. The van der Waals surface area contributed by atoms with Crippen LogP contribution in [0.1, 0.15) is 51.9 Å². The second-order valence-corrected chi connectivity index (χ2v) is 6.80. The molecule has 2 rings (SSSR count). The Labute approximate surface area is 125 Å². The van der Waals surface area contributed by atoms with Crippen LogP contribution in [0.3, 0.4) is 0 Å². The molecule has 0 aromatic carbocycles. The zero-order valence-corrected chi connectivity index (χ0v) is 13.5. The molecule has 0 spiro atoms. The second kappa shape index (κ2) is 7.07. The predicted molar refractivity (Wildman–Crippen MR) is 80.5 cm³/mol. The van der Waals surface area contributed by atoms with Crippen molar-refractivity contribution in [1.29, 1.82) is 0 Å². The van der Waals surface area contributed by atoms with Gasteiger partial charge in [0.2, 0.25) is 5.91 Å². The number of halogens is 1. The molecular formula is C15H26BrNO2. The van der Waals surface area contributed by atoms with Crippen molar-refractivity contribution in [3.8, 4) is 0 Å². The van der Waals surface area contributed by atoms with Crippen molar-refractivity contribution in [2.45, 2.75) is 58.0 Å². The van der Waals surface area contributed by atoms with Gasteiger partial charge in [-0.1, -0.05) is 28.8 Å². The number of hydrogen-bond donors (Lipinski definition) is 1. The average molecular weight is 332 g/mol. The molecule has 4 heteroatoms. The highest BCUT2D eigenvalue weighted by molar-refractivity contribution is 9.09. The summed E-state index contributed by atoms with van der Waals surface area (Å²) in [5, 5.41) is 4.16. The predicted octanol–water partition coefficient (Wildman–Crippen LogP) is 3.26. The van der Waals surface area contributed by atoms with Crippen molar-refractivity contribution in [3.05, 3.63) is 0 Å². The zero-order chi connectivity index (χ0) is 13.7. The van der Waals surface area contributed by atoms with Crippen molar-refractivity contribution >= 4 is 21.8 Å². The highest BCUT2D eigenvalue weighted by atomic mass is 79.9. The number of alkyl halides is 1. The van der Waals surface area contributed by atoms with Crippen LogP contribution < -0.4 is 5.32 Å². The third kappa shape index (κ3) is 4.19. The molecule has 2 aliphatic carbocycles. The molecule has 0 radical (unpaired) electrons. The molecule has 1 N–H and O–H groups in total. The van der Waals surface area contributed by atoms with Gasteiger partial charge in [-0.25, -0.2) is 0 Å². The normalized spacial score (nSPS) is 28.9. The monoisotopic (exact) mass is 331 g/mol. The van der Waals surface area contributed by atoms with Crippen LogP contribution in [0, 0.1) is 11.3 Å². The van der Waals surface area contributed by atoms with Crippen molar-refractivity contribution in [2.24, 2.45) is 11.3 Å². The van der Waals surface area contributed by atoms with Gasteiger partial charge in [0.1, 0.15) is 0 Å². The second-order valence-electron chi connectivity index (χ2n) is 6.24. The Bertz CT molecular complexity index is 297. The molecule has 2 aliphatic rings. The first-order chi connectivity index (χ1) is 9.17. The molecule has 1 amide bonds. The zero-order valence-electron chi connectivity index (χ0n) is 11.9. The standard InChI is InChI=1S/C15H26BrNO2/c1-2-19-13-7-12(8-13)9-14(18)17-11-15(10-16)5-3-4-6-15/h12-13H,2-11H2,1H3,(H,17,18). The lowest BCUT2D eigenvalue weighted by Gasteiger charge is -2.35. The van der Waals surface area contributed by atoms with E-state index in [1.54, 1.807) is 0 Å². The number of carbonyl (C=O) groups excluding carboxylic acids is 1. The number of ether oxygens (including phenoxy) is 1. The van der Waals surface area contributed by atoms with Gasteiger partial charge in [-0.2, -0.15) is 0 Å². The maximum atomic E-state index is 12.0. The summed E-state index contributed by atoms with van der Waals surface area (Å²) in [5.74, 6) is 0.771. The summed E-state index contributed by atoms with van der Waals surface area (Å²) < 4.78 is 5.53. The van der Waals surface area contributed by atoms with Gasteiger partial charge in [-0.15, -0.1) is 0 Å². The van der Waals surface area contributed by atoms with Crippen LogP contribution in [0.15, 0.2) is 0 Å². The maximum absolute atomic E-state index is 12.0. The number of amides is 1. The number of carbonyl (C=O) groups is 1. The molecule has 3 nitrogen and oxygen atoms in total. The van der Waals surface area contributed by atoms with Gasteiger partial charge in [0.05, 0.1) is 6.10 Å². The smallest absolute Gasteiger partial charge is 0.220 e. The third-order valence-electron chi connectivity index (χ3n) is 4.68. The first kappa shape index (κ1) is 15.3. The lowest BCUT2D eigenvalue weighted by atomic mass is 9.79. The molecule has 0 saturated heterocycles. The average Bonchev–Trinajstić information content (AvgIpc) is 2.83. The highest BCUT2D eigenvalue weighted by Crippen LogP contribution is 2.39. The molecule has 0 aromatic heterocycles. The molecule has 0 heterocycles. The molecule has 19 heavy (non-hydrogen) atoms. The van der Waals surface area contributed by atoms with E-state index in [0.717, 1.165) is 31.3 Å². The summed E-state index contributed by atoms with van der Waals surface area (Å²) in [5.41, 5.74) is 0.323. The van der Waals surface area contributed by atoms with Crippen molar-refractivity contribution < 1.29 is 9.53 Å². The minimum Gasteiger partial charge on any atom is -0.378 e. The molecule has 2 fully saturated rings. The number of hydrogen-bond acceptors (Lipinski definition) is 2. The van der Waals surface area contributed by atoms with Crippen LogP contribution in [0.2, 0.25) is 0 Å². The van der Waals surface area contributed by atoms with Crippen LogP contribution in [0.5, 0.6) is 0 Å². The first-order valence-electron chi connectivity index (χ1n) is 7.62. The van der Waals surface area contributed by atoms with E-state index < -0.39 is 0 Å². The SMILES string of the molecule is CCOC1CC(CC(=O)NCC2(CBr)CCCC2)C1. The summed E-state index contributed by atoms with van der Waals surface area (Å²) in [4.78, 5) is 12.0. The quantitative estimate of drug-likeness (QED) is 0.727.